The van der Waals surface area contributed by atoms with Crippen LogP contribution < -0.4 is 10.6 Å². The maximum Gasteiger partial charge on any atom is 0.345 e. The van der Waals surface area contributed by atoms with E-state index in [0.29, 0.717) is 31.9 Å². The molecule has 148 valence electrons. The molecule has 0 saturated carbocycles. The van der Waals surface area contributed by atoms with E-state index in [9.17, 15) is 19.7 Å². The lowest BCUT2D eigenvalue weighted by atomic mass is 10.3. The third-order valence-corrected chi connectivity index (χ3v) is 5.38. The van der Waals surface area contributed by atoms with E-state index in [-0.39, 0.29) is 28.6 Å². The monoisotopic (exact) mass is 468 g/mol. The van der Waals surface area contributed by atoms with Crippen LogP contribution in [0.4, 0.5) is 20.6 Å². The lowest BCUT2D eigenvalue weighted by Gasteiger charge is -2.34. The number of aromatic nitrogens is 1. The number of nitrogens with zero attached hydrogens (tertiary/aromatic N) is 4. The minimum atomic E-state index is -0.550. The number of urea groups is 1. The minimum Gasteiger partial charge on any atom is -0.322 e. The fourth-order valence-electron chi connectivity index (χ4n) is 2.65. The van der Waals surface area contributed by atoms with E-state index in [0.717, 1.165) is 22.0 Å². The van der Waals surface area contributed by atoms with Gasteiger partial charge in [0, 0.05) is 36.3 Å². The van der Waals surface area contributed by atoms with Crippen LogP contribution in [0.1, 0.15) is 0 Å². The van der Waals surface area contributed by atoms with Crippen LogP contribution >= 0.6 is 27.3 Å². The fraction of sp³-hybridized carbons (Fsp3) is 0.312. The van der Waals surface area contributed by atoms with Gasteiger partial charge in [0.15, 0.2) is 5.13 Å². The summed E-state index contributed by atoms with van der Waals surface area (Å²) in [5.74, 6) is -0.295. The molecule has 0 atom stereocenters. The van der Waals surface area contributed by atoms with Crippen molar-refractivity contribution in [2.45, 2.75) is 0 Å². The summed E-state index contributed by atoms with van der Waals surface area (Å²) in [6.07, 6.45) is 1.11. The topological polar surface area (TPSA) is 121 Å². The highest BCUT2D eigenvalue weighted by molar-refractivity contribution is 9.10. The Morgan fingerprint density at radius 3 is 2.64 bits per heavy atom. The molecule has 1 fully saturated rings. The van der Waals surface area contributed by atoms with E-state index >= 15 is 0 Å². The van der Waals surface area contributed by atoms with Gasteiger partial charge in [-0.25, -0.2) is 9.78 Å². The number of benzene rings is 1. The van der Waals surface area contributed by atoms with Crippen molar-refractivity contribution in [1.29, 1.82) is 0 Å². The standard InChI is InChI=1S/C16H17BrN6O4S/c17-11-2-1-3-12(8-11)19-16(25)22-6-4-21(5-7-22)10-13(24)20-15-18-9-14(28-15)23(26)27/h1-3,8-9H,4-7,10H2,(H,19,25)(H,18,20,24). The molecular formula is C16H17BrN6O4S. The predicted molar refractivity (Wildman–Crippen MR) is 109 cm³/mol. The summed E-state index contributed by atoms with van der Waals surface area (Å²) in [7, 11) is 0. The SMILES string of the molecule is O=C(CN1CCN(C(=O)Nc2cccc(Br)c2)CC1)Nc1ncc([N+](=O)[O-])s1. The summed E-state index contributed by atoms with van der Waals surface area (Å²) in [6.45, 7) is 2.23. The molecule has 1 aromatic carbocycles. The molecule has 28 heavy (non-hydrogen) atoms. The first-order valence-corrected chi connectivity index (χ1v) is 9.95. The number of hydrogen-bond donors (Lipinski definition) is 2. The van der Waals surface area contributed by atoms with E-state index in [2.05, 4.69) is 31.5 Å². The third kappa shape index (κ3) is 5.47. The van der Waals surface area contributed by atoms with Crippen molar-refractivity contribution in [3.05, 3.63) is 45.0 Å². The number of rotatable bonds is 5. The van der Waals surface area contributed by atoms with Crippen LogP contribution in [0.5, 0.6) is 0 Å². The molecule has 10 nitrogen and oxygen atoms in total. The first-order valence-electron chi connectivity index (χ1n) is 8.34. The number of thiazole rings is 1. The van der Waals surface area contributed by atoms with Crippen LogP contribution in [-0.4, -0.2) is 64.4 Å². The van der Waals surface area contributed by atoms with Gasteiger partial charge in [-0.05, 0) is 29.5 Å². The number of anilines is 2. The van der Waals surface area contributed by atoms with E-state index in [1.165, 1.54) is 0 Å². The highest BCUT2D eigenvalue weighted by atomic mass is 79.9. The van der Waals surface area contributed by atoms with Crippen LogP contribution in [-0.2, 0) is 4.79 Å². The molecule has 0 bridgehead atoms. The van der Waals surface area contributed by atoms with Crippen molar-refractivity contribution in [2.24, 2.45) is 0 Å². The van der Waals surface area contributed by atoms with Gasteiger partial charge >= 0.3 is 11.0 Å². The van der Waals surface area contributed by atoms with Gasteiger partial charge in [0.2, 0.25) is 5.91 Å². The zero-order valence-corrected chi connectivity index (χ0v) is 17.0. The van der Waals surface area contributed by atoms with Crippen molar-refractivity contribution in [1.82, 2.24) is 14.8 Å². The normalized spacial score (nSPS) is 14.5. The van der Waals surface area contributed by atoms with Crippen LogP contribution in [0.15, 0.2) is 34.9 Å². The zero-order chi connectivity index (χ0) is 20.1. The maximum absolute atomic E-state index is 12.3. The van der Waals surface area contributed by atoms with Crippen LogP contribution in [0.3, 0.4) is 0 Å². The molecule has 0 spiro atoms. The largest absolute Gasteiger partial charge is 0.345 e. The van der Waals surface area contributed by atoms with Gasteiger partial charge < -0.3 is 15.5 Å². The Bertz CT molecular complexity index is 884. The van der Waals surface area contributed by atoms with Crippen molar-refractivity contribution in [3.8, 4) is 0 Å². The smallest absolute Gasteiger partial charge is 0.322 e. The number of halogens is 1. The van der Waals surface area contributed by atoms with Gasteiger partial charge in [0.25, 0.3) is 0 Å². The second-order valence-electron chi connectivity index (χ2n) is 6.01. The summed E-state index contributed by atoms with van der Waals surface area (Å²) >= 11 is 4.18. The molecule has 1 aliphatic heterocycles. The molecular weight excluding hydrogens is 452 g/mol. The number of piperazine rings is 1. The average molecular weight is 469 g/mol. The number of nitro groups is 1. The number of carbonyl (C=O) groups is 2. The Labute approximate surface area is 172 Å². The van der Waals surface area contributed by atoms with Crippen LogP contribution in [0.2, 0.25) is 0 Å². The Hall–Kier alpha value is -2.57. The Balaban J connectivity index is 1.43. The zero-order valence-electron chi connectivity index (χ0n) is 14.6. The van der Waals surface area contributed by atoms with E-state index in [4.69, 9.17) is 0 Å². The van der Waals surface area contributed by atoms with Gasteiger partial charge in [-0.2, -0.15) is 0 Å². The van der Waals surface area contributed by atoms with Gasteiger partial charge in [0.05, 0.1) is 11.5 Å². The number of carbonyl (C=O) groups excluding carboxylic acids is 2. The molecule has 12 heteroatoms. The van der Waals surface area contributed by atoms with E-state index in [1.54, 1.807) is 4.90 Å². The van der Waals surface area contributed by atoms with Crippen molar-refractivity contribution in [2.75, 3.05) is 43.4 Å². The van der Waals surface area contributed by atoms with Crippen LogP contribution in [0.25, 0.3) is 0 Å². The molecule has 2 aromatic rings. The molecule has 1 aliphatic rings. The van der Waals surface area contributed by atoms with Crippen molar-refractivity contribution in [3.63, 3.8) is 0 Å². The Kier molecular flexibility index (Phi) is 6.54. The van der Waals surface area contributed by atoms with Gasteiger partial charge in [0.1, 0.15) is 6.20 Å². The highest BCUT2D eigenvalue weighted by Crippen LogP contribution is 2.24. The van der Waals surface area contributed by atoms with Crippen molar-refractivity contribution < 1.29 is 14.5 Å². The predicted octanol–water partition coefficient (Wildman–Crippen LogP) is 2.60. The quantitative estimate of drug-likeness (QED) is 0.513. The minimum absolute atomic E-state index is 0.125. The van der Waals surface area contributed by atoms with E-state index in [1.807, 2.05) is 29.2 Å². The Morgan fingerprint density at radius 1 is 1.25 bits per heavy atom. The number of amides is 3. The van der Waals surface area contributed by atoms with Crippen LogP contribution in [0, 0.1) is 10.1 Å². The molecule has 2 N–H and O–H groups in total. The maximum atomic E-state index is 12.3. The third-order valence-electron chi connectivity index (χ3n) is 4.02. The van der Waals surface area contributed by atoms with Crippen molar-refractivity contribution >= 4 is 55.0 Å². The lowest BCUT2D eigenvalue weighted by Crippen LogP contribution is -2.51. The molecule has 2 heterocycles. The molecule has 1 saturated heterocycles. The molecule has 3 amide bonds. The molecule has 0 unspecified atom stereocenters. The van der Waals surface area contributed by atoms with E-state index < -0.39 is 4.92 Å². The number of hydrogen-bond acceptors (Lipinski definition) is 7. The first kappa shape index (κ1) is 20.2. The fourth-order valence-corrected chi connectivity index (χ4v) is 3.70. The molecule has 3 rings (SSSR count). The highest BCUT2D eigenvalue weighted by Gasteiger charge is 2.23. The second-order valence-corrected chi connectivity index (χ2v) is 7.94. The second kappa shape index (κ2) is 9.08. The van der Waals surface area contributed by atoms with Gasteiger partial charge in [-0.15, -0.1) is 0 Å². The summed E-state index contributed by atoms with van der Waals surface area (Å²) in [5, 5.41) is 16.1. The average Bonchev–Trinajstić information content (AvgIpc) is 3.11. The lowest BCUT2D eigenvalue weighted by molar-refractivity contribution is -0.380. The molecule has 0 radical (unpaired) electrons. The summed E-state index contributed by atoms with van der Waals surface area (Å²) in [4.78, 5) is 42.0. The summed E-state index contributed by atoms with van der Waals surface area (Å²) < 4.78 is 0.881. The summed E-state index contributed by atoms with van der Waals surface area (Å²) in [6, 6.07) is 7.17. The molecule has 0 aliphatic carbocycles. The van der Waals surface area contributed by atoms with Gasteiger partial charge in [-0.3, -0.25) is 19.8 Å². The Morgan fingerprint density at radius 2 is 2.00 bits per heavy atom. The summed E-state index contributed by atoms with van der Waals surface area (Å²) in [5.41, 5.74) is 0.707. The number of nitrogens with one attached hydrogen (secondary N) is 2. The van der Waals surface area contributed by atoms with Gasteiger partial charge in [-0.1, -0.05) is 22.0 Å². The molecule has 1 aromatic heterocycles. The first-order chi connectivity index (χ1) is 13.4.